The Morgan fingerprint density at radius 2 is 1.61 bits per heavy atom. The van der Waals surface area contributed by atoms with Crippen molar-refractivity contribution >= 4 is 23.1 Å². The highest BCUT2D eigenvalue weighted by atomic mass is 16.5. The third kappa shape index (κ3) is 4.91. The van der Waals surface area contributed by atoms with Crippen LogP contribution in [-0.2, 0) is 9.59 Å². The first-order chi connectivity index (χ1) is 17.5. The molecule has 7 heteroatoms. The lowest BCUT2D eigenvalue weighted by atomic mass is 9.95. The van der Waals surface area contributed by atoms with E-state index in [1.54, 1.807) is 72.8 Å². The number of nitrogens with zero attached hydrogens (tertiary/aromatic N) is 1. The maximum Gasteiger partial charge on any atom is 0.300 e. The van der Waals surface area contributed by atoms with Crippen LogP contribution in [0.25, 0.3) is 5.76 Å². The molecule has 0 bridgehead atoms. The van der Waals surface area contributed by atoms with Gasteiger partial charge >= 0.3 is 0 Å². The first-order valence-corrected chi connectivity index (χ1v) is 11.9. The predicted octanol–water partition coefficient (Wildman–Crippen LogP) is 5.51. The first-order valence-electron chi connectivity index (χ1n) is 11.9. The SMILES string of the molecule is CCCOc1ccc(C2/C(=C(\O)c3cccc(OCC)c3)C(=O)C(=O)N2c2cccc(OC)c2)cc1. The fourth-order valence-electron chi connectivity index (χ4n) is 4.20. The fourth-order valence-corrected chi connectivity index (χ4v) is 4.20. The van der Waals surface area contributed by atoms with E-state index in [4.69, 9.17) is 14.2 Å². The minimum absolute atomic E-state index is 0.00121. The molecule has 0 spiro atoms. The van der Waals surface area contributed by atoms with Crippen molar-refractivity contribution in [1.29, 1.82) is 0 Å². The number of Topliss-reactive ketones (excluding diaryl/α,β-unsaturated/α-hetero) is 1. The van der Waals surface area contributed by atoms with Gasteiger partial charge in [-0.2, -0.15) is 0 Å². The molecule has 1 amide bonds. The van der Waals surface area contributed by atoms with Crippen LogP contribution in [0.4, 0.5) is 5.69 Å². The molecule has 0 radical (unpaired) electrons. The third-order valence-corrected chi connectivity index (χ3v) is 5.86. The van der Waals surface area contributed by atoms with Gasteiger partial charge in [0.15, 0.2) is 0 Å². The van der Waals surface area contributed by atoms with Gasteiger partial charge in [-0.05, 0) is 55.3 Å². The summed E-state index contributed by atoms with van der Waals surface area (Å²) in [7, 11) is 1.53. The summed E-state index contributed by atoms with van der Waals surface area (Å²) in [5, 5.41) is 11.3. The second-order valence-corrected chi connectivity index (χ2v) is 8.25. The molecule has 7 nitrogen and oxygen atoms in total. The molecule has 1 saturated heterocycles. The van der Waals surface area contributed by atoms with Crippen molar-refractivity contribution in [3.8, 4) is 17.2 Å². The van der Waals surface area contributed by atoms with Gasteiger partial charge in [-0.3, -0.25) is 14.5 Å². The van der Waals surface area contributed by atoms with Gasteiger partial charge in [0.2, 0.25) is 0 Å². The maximum atomic E-state index is 13.4. The van der Waals surface area contributed by atoms with Crippen LogP contribution >= 0.6 is 0 Å². The van der Waals surface area contributed by atoms with Crippen molar-refractivity contribution in [2.24, 2.45) is 0 Å². The molecular formula is C29H29NO6. The van der Waals surface area contributed by atoms with Crippen molar-refractivity contribution in [2.45, 2.75) is 26.3 Å². The van der Waals surface area contributed by atoms with Crippen molar-refractivity contribution in [3.63, 3.8) is 0 Å². The number of carbonyl (C=O) groups excluding carboxylic acids is 2. The number of ketones is 1. The number of benzene rings is 3. The molecule has 1 aliphatic rings. The fraction of sp³-hybridized carbons (Fsp3) is 0.241. The summed E-state index contributed by atoms with van der Waals surface area (Å²) in [6.45, 7) is 4.92. The van der Waals surface area contributed by atoms with E-state index in [0.29, 0.717) is 47.3 Å². The number of anilines is 1. The maximum absolute atomic E-state index is 13.4. The van der Waals surface area contributed by atoms with Crippen LogP contribution in [0.2, 0.25) is 0 Å². The van der Waals surface area contributed by atoms with Crippen LogP contribution < -0.4 is 19.1 Å². The molecule has 0 aromatic heterocycles. The highest BCUT2D eigenvalue weighted by Crippen LogP contribution is 2.43. The number of hydrogen-bond acceptors (Lipinski definition) is 6. The first kappa shape index (κ1) is 24.9. The quantitative estimate of drug-likeness (QED) is 0.243. The van der Waals surface area contributed by atoms with Gasteiger partial charge in [0.1, 0.15) is 23.0 Å². The summed E-state index contributed by atoms with van der Waals surface area (Å²) in [5.41, 5.74) is 1.52. The average Bonchev–Trinajstić information content (AvgIpc) is 3.17. The van der Waals surface area contributed by atoms with E-state index in [1.165, 1.54) is 12.0 Å². The van der Waals surface area contributed by atoms with Gasteiger partial charge in [-0.25, -0.2) is 0 Å². The topological polar surface area (TPSA) is 85.3 Å². The average molecular weight is 488 g/mol. The smallest absolute Gasteiger partial charge is 0.300 e. The van der Waals surface area contributed by atoms with Crippen LogP contribution in [-0.4, -0.2) is 37.1 Å². The number of aliphatic hydroxyl groups is 1. The molecule has 3 aromatic carbocycles. The van der Waals surface area contributed by atoms with Crippen LogP contribution in [0, 0.1) is 0 Å². The van der Waals surface area contributed by atoms with E-state index in [-0.39, 0.29) is 11.3 Å². The molecule has 1 heterocycles. The zero-order valence-corrected chi connectivity index (χ0v) is 20.6. The summed E-state index contributed by atoms with van der Waals surface area (Å²) in [6, 6.07) is 20.1. The van der Waals surface area contributed by atoms with Crippen LogP contribution in [0.3, 0.4) is 0 Å². The van der Waals surface area contributed by atoms with E-state index in [1.807, 2.05) is 13.8 Å². The highest BCUT2D eigenvalue weighted by molar-refractivity contribution is 6.51. The molecule has 0 saturated carbocycles. The van der Waals surface area contributed by atoms with Crippen LogP contribution in [0.1, 0.15) is 37.4 Å². The minimum atomic E-state index is -0.854. The molecule has 3 aromatic rings. The zero-order valence-electron chi connectivity index (χ0n) is 20.6. The molecule has 36 heavy (non-hydrogen) atoms. The number of methoxy groups -OCH3 is 1. The standard InChI is InChI=1S/C29H29NO6/c1-4-16-36-22-14-12-19(13-15-22)26-25(27(31)20-8-6-11-24(17-20)35-5-2)28(32)29(33)30(26)21-9-7-10-23(18-21)34-3/h6-15,17-18,26,31H,4-5,16H2,1-3H3/b27-25+. The summed E-state index contributed by atoms with van der Waals surface area (Å²) in [4.78, 5) is 28.1. The Hall–Kier alpha value is -4.26. The van der Waals surface area contributed by atoms with Crippen molar-refractivity contribution < 1.29 is 28.9 Å². The van der Waals surface area contributed by atoms with Gasteiger partial charge in [0, 0.05) is 17.3 Å². The van der Waals surface area contributed by atoms with Crippen molar-refractivity contribution in [1.82, 2.24) is 0 Å². The molecular weight excluding hydrogens is 458 g/mol. The summed E-state index contributed by atoms with van der Waals surface area (Å²) < 4.78 is 16.6. The minimum Gasteiger partial charge on any atom is -0.507 e. The second kappa shape index (κ2) is 11.0. The Labute approximate surface area is 210 Å². The molecule has 1 unspecified atom stereocenters. The van der Waals surface area contributed by atoms with E-state index in [2.05, 4.69) is 0 Å². The summed E-state index contributed by atoms with van der Waals surface area (Å²) >= 11 is 0. The molecule has 1 aliphatic heterocycles. The molecule has 1 N–H and O–H groups in total. The normalized spacial score (nSPS) is 16.8. The van der Waals surface area contributed by atoms with Gasteiger partial charge in [-0.15, -0.1) is 0 Å². The Balaban J connectivity index is 1.87. The van der Waals surface area contributed by atoms with E-state index < -0.39 is 17.7 Å². The molecule has 4 rings (SSSR count). The van der Waals surface area contributed by atoms with Crippen LogP contribution in [0.15, 0.2) is 78.4 Å². The highest BCUT2D eigenvalue weighted by Gasteiger charge is 2.47. The van der Waals surface area contributed by atoms with Gasteiger partial charge in [0.05, 0.1) is 31.9 Å². The Bertz CT molecular complexity index is 1280. The van der Waals surface area contributed by atoms with Gasteiger partial charge in [-0.1, -0.05) is 37.3 Å². The van der Waals surface area contributed by atoms with E-state index in [0.717, 1.165) is 6.42 Å². The number of carbonyl (C=O) groups is 2. The summed E-state index contributed by atoms with van der Waals surface area (Å²) in [5.74, 6) is 0.00824. The Kier molecular flexibility index (Phi) is 7.59. The van der Waals surface area contributed by atoms with Gasteiger partial charge in [0.25, 0.3) is 11.7 Å². The third-order valence-electron chi connectivity index (χ3n) is 5.86. The zero-order chi connectivity index (χ0) is 25.7. The molecule has 0 aliphatic carbocycles. The number of ether oxygens (including phenoxy) is 3. The Morgan fingerprint density at radius 3 is 2.31 bits per heavy atom. The largest absolute Gasteiger partial charge is 0.507 e. The van der Waals surface area contributed by atoms with Crippen molar-refractivity contribution in [3.05, 3.63) is 89.5 Å². The molecule has 1 atom stereocenters. The molecule has 1 fully saturated rings. The lowest BCUT2D eigenvalue weighted by Gasteiger charge is -2.26. The monoisotopic (exact) mass is 487 g/mol. The molecule has 186 valence electrons. The van der Waals surface area contributed by atoms with Gasteiger partial charge < -0.3 is 19.3 Å². The Morgan fingerprint density at radius 1 is 0.889 bits per heavy atom. The summed E-state index contributed by atoms with van der Waals surface area (Å²) in [6.07, 6.45) is 0.874. The lowest BCUT2D eigenvalue weighted by Crippen LogP contribution is -2.29. The van der Waals surface area contributed by atoms with Crippen LogP contribution in [0.5, 0.6) is 17.2 Å². The predicted molar refractivity (Wildman–Crippen MR) is 138 cm³/mol. The second-order valence-electron chi connectivity index (χ2n) is 8.25. The number of aliphatic hydroxyl groups excluding tert-OH is 1. The van der Waals surface area contributed by atoms with E-state index >= 15 is 0 Å². The number of rotatable bonds is 9. The lowest BCUT2D eigenvalue weighted by molar-refractivity contribution is -0.132. The van der Waals surface area contributed by atoms with Crippen molar-refractivity contribution in [2.75, 3.05) is 25.2 Å². The number of hydrogen-bond donors (Lipinski definition) is 1. The van der Waals surface area contributed by atoms with E-state index in [9.17, 15) is 14.7 Å². The number of amides is 1.